The van der Waals surface area contributed by atoms with E-state index in [1.54, 1.807) is 37.3 Å². The quantitative estimate of drug-likeness (QED) is 0.413. The van der Waals surface area contributed by atoms with Crippen LogP contribution >= 0.6 is 11.8 Å². The Hall–Kier alpha value is -2.87. The molecule has 0 aliphatic rings. The molecular weight excluding hydrogens is 383 g/mol. The Kier molecular flexibility index (Phi) is 6.30. The minimum Gasteiger partial charge on any atom is -0.493 e. The Bertz CT molecular complexity index is 976. The topological polar surface area (TPSA) is 74.5 Å². The summed E-state index contributed by atoms with van der Waals surface area (Å²) in [6.45, 7) is 1.76. The molecule has 0 spiro atoms. The zero-order valence-corrected chi connectivity index (χ0v) is 16.5. The number of ketones is 1. The third-order valence-electron chi connectivity index (χ3n) is 4.01. The maximum atomic E-state index is 13.3. The number of halogens is 1. The van der Waals surface area contributed by atoms with Crippen molar-refractivity contribution in [3.05, 3.63) is 65.3 Å². The summed E-state index contributed by atoms with van der Waals surface area (Å²) in [6, 6.07) is 11.2. The number of Topliss-reactive ketones (excluding diaryl/α,β-unsaturated/α-hetero) is 1. The van der Waals surface area contributed by atoms with Crippen molar-refractivity contribution in [2.45, 2.75) is 23.8 Å². The second-order valence-electron chi connectivity index (χ2n) is 5.96. The van der Waals surface area contributed by atoms with Crippen molar-refractivity contribution in [3.63, 3.8) is 0 Å². The standard InChI is InChI=1S/C20H19FN2O4S/c1-12(19(24)14-7-8-16(25-2)17(11-14)26-3)28-20-23-22-18(27-20)10-13-5-4-6-15(21)9-13/h4-9,11-12H,10H2,1-3H3. The van der Waals surface area contributed by atoms with E-state index in [0.717, 1.165) is 5.56 Å². The molecule has 28 heavy (non-hydrogen) atoms. The lowest BCUT2D eigenvalue weighted by molar-refractivity contribution is 0.0993. The number of nitrogens with zero attached hydrogens (tertiary/aromatic N) is 2. The van der Waals surface area contributed by atoms with Crippen molar-refractivity contribution in [1.82, 2.24) is 10.2 Å². The van der Waals surface area contributed by atoms with Crippen LogP contribution in [0.4, 0.5) is 4.39 Å². The first kappa shape index (κ1) is 19.9. The van der Waals surface area contributed by atoms with E-state index in [4.69, 9.17) is 13.9 Å². The molecule has 1 atom stereocenters. The predicted molar refractivity (Wildman–Crippen MR) is 103 cm³/mol. The van der Waals surface area contributed by atoms with Crippen molar-refractivity contribution in [1.29, 1.82) is 0 Å². The SMILES string of the molecule is COc1ccc(C(=O)C(C)Sc2nnc(Cc3cccc(F)c3)o2)cc1OC. The number of hydrogen-bond donors (Lipinski definition) is 0. The van der Waals surface area contributed by atoms with E-state index < -0.39 is 5.25 Å². The van der Waals surface area contributed by atoms with Gasteiger partial charge in [-0.15, -0.1) is 10.2 Å². The molecule has 1 aromatic heterocycles. The first-order valence-corrected chi connectivity index (χ1v) is 9.38. The number of hydrogen-bond acceptors (Lipinski definition) is 7. The summed E-state index contributed by atoms with van der Waals surface area (Å²) >= 11 is 1.17. The van der Waals surface area contributed by atoms with Gasteiger partial charge in [0.2, 0.25) is 5.89 Å². The monoisotopic (exact) mass is 402 g/mol. The zero-order chi connectivity index (χ0) is 20.1. The molecular formula is C20H19FN2O4S. The normalized spacial score (nSPS) is 11.9. The molecule has 146 valence electrons. The number of ether oxygens (including phenoxy) is 2. The summed E-state index contributed by atoms with van der Waals surface area (Å²) in [4.78, 5) is 12.7. The minimum atomic E-state index is -0.444. The Morgan fingerprint density at radius 2 is 1.93 bits per heavy atom. The summed E-state index contributed by atoms with van der Waals surface area (Å²) in [5.74, 6) is 0.981. The number of aromatic nitrogens is 2. The van der Waals surface area contributed by atoms with Crippen LogP contribution in [0.25, 0.3) is 0 Å². The molecule has 0 amide bonds. The first-order chi connectivity index (χ1) is 13.5. The average Bonchev–Trinajstić information content (AvgIpc) is 3.13. The maximum Gasteiger partial charge on any atom is 0.277 e. The van der Waals surface area contributed by atoms with Crippen LogP contribution in [0.2, 0.25) is 0 Å². The van der Waals surface area contributed by atoms with E-state index in [0.29, 0.717) is 29.4 Å². The molecule has 0 saturated carbocycles. The summed E-state index contributed by atoms with van der Waals surface area (Å²) < 4.78 is 29.3. The van der Waals surface area contributed by atoms with Crippen LogP contribution in [-0.2, 0) is 6.42 Å². The molecule has 2 aromatic carbocycles. The van der Waals surface area contributed by atoms with Gasteiger partial charge in [0.15, 0.2) is 17.3 Å². The molecule has 0 saturated heterocycles. The number of carbonyl (C=O) groups is 1. The van der Waals surface area contributed by atoms with E-state index >= 15 is 0 Å². The van der Waals surface area contributed by atoms with Gasteiger partial charge >= 0.3 is 0 Å². The largest absolute Gasteiger partial charge is 0.493 e. The van der Waals surface area contributed by atoms with Crippen LogP contribution in [0.15, 0.2) is 52.1 Å². The third kappa shape index (κ3) is 4.69. The lowest BCUT2D eigenvalue weighted by atomic mass is 10.1. The molecule has 0 aliphatic carbocycles. The van der Waals surface area contributed by atoms with Crippen molar-refractivity contribution < 1.29 is 23.1 Å². The second kappa shape index (κ2) is 8.88. The minimum absolute atomic E-state index is 0.101. The highest BCUT2D eigenvalue weighted by molar-refractivity contribution is 8.00. The summed E-state index contributed by atoms with van der Waals surface area (Å²) in [7, 11) is 3.05. The third-order valence-corrected chi connectivity index (χ3v) is 4.94. The van der Waals surface area contributed by atoms with Gasteiger partial charge in [-0.05, 0) is 42.8 Å². The summed E-state index contributed by atoms with van der Waals surface area (Å²) in [5, 5.41) is 7.78. The molecule has 1 heterocycles. The highest BCUT2D eigenvalue weighted by Crippen LogP contribution is 2.30. The van der Waals surface area contributed by atoms with Gasteiger partial charge < -0.3 is 13.9 Å². The lowest BCUT2D eigenvalue weighted by Crippen LogP contribution is -2.13. The molecule has 0 fully saturated rings. The highest BCUT2D eigenvalue weighted by atomic mass is 32.2. The van der Waals surface area contributed by atoms with Crippen molar-refractivity contribution in [2.24, 2.45) is 0 Å². The fourth-order valence-corrected chi connectivity index (χ4v) is 3.39. The molecule has 8 heteroatoms. The Morgan fingerprint density at radius 1 is 1.14 bits per heavy atom. The zero-order valence-electron chi connectivity index (χ0n) is 15.6. The van der Waals surface area contributed by atoms with E-state index in [1.807, 2.05) is 0 Å². The van der Waals surface area contributed by atoms with Gasteiger partial charge in [-0.2, -0.15) is 0 Å². The van der Waals surface area contributed by atoms with E-state index in [2.05, 4.69) is 10.2 Å². The van der Waals surface area contributed by atoms with Gasteiger partial charge in [0.05, 0.1) is 25.9 Å². The fraction of sp³-hybridized carbons (Fsp3) is 0.250. The van der Waals surface area contributed by atoms with E-state index in [-0.39, 0.29) is 16.8 Å². The summed E-state index contributed by atoms with van der Waals surface area (Å²) in [6.07, 6.45) is 0.323. The van der Waals surface area contributed by atoms with Gasteiger partial charge in [-0.25, -0.2) is 4.39 Å². The Labute approximate surface area is 166 Å². The van der Waals surface area contributed by atoms with E-state index in [1.165, 1.54) is 38.1 Å². The average molecular weight is 402 g/mol. The van der Waals surface area contributed by atoms with Crippen molar-refractivity contribution in [2.75, 3.05) is 14.2 Å². The first-order valence-electron chi connectivity index (χ1n) is 8.50. The Balaban J connectivity index is 1.67. The number of benzene rings is 2. The smallest absolute Gasteiger partial charge is 0.277 e. The molecule has 0 radical (unpaired) electrons. The molecule has 3 aromatic rings. The number of thioether (sulfide) groups is 1. The summed E-state index contributed by atoms with van der Waals surface area (Å²) in [5.41, 5.74) is 1.23. The van der Waals surface area contributed by atoms with Gasteiger partial charge in [-0.3, -0.25) is 4.79 Å². The number of rotatable bonds is 8. The Morgan fingerprint density at radius 3 is 2.64 bits per heavy atom. The van der Waals surface area contributed by atoms with Crippen molar-refractivity contribution in [3.8, 4) is 11.5 Å². The van der Waals surface area contributed by atoms with Gasteiger partial charge in [-0.1, -0.05) is 23.9 Å². The van der Waals surface area contributed by atoms with Gasteiger partial charge in [0.1, 0.15) is 5.82 Å². The molecule has 3 rings (SSSR count). The molecule has 1 unspecified atom stereocenters. The van der Waals surface area contributed by atoms with Crippen LogP contribution in [0.5, 0.6) is 11.5 Å². The molecule has 0 aliphatic heterocycles. The van der Waals surface area contributed by atoms with Crippen LogP contribution in [0, 0.1) is 5.82 Å². The van der Waals surface area contributed by atoms with Crippen LogP contribution in [-0.4, -0.2) is 35.5 Å². The van der Waals surface area contributed by atoms with Crippen LogP contribution in [0.1, 0.15) is 28.7 Å². The van der Waals surface area contributed by atoms with Gasteiger partial charge in [0, 0.05) is 5.56 Å². The number of carbonyl (C=O) groups excluding carboxylic acids is 1. The second-order valence-corrected chi connectivity index (χ2v) is 7.25. The maximum absolute atomic E-state index is 13.3. The van der Waals surface area contributed by atoms with Crippen LogP contribution in [0.3, 0.4) is 0 Å². The lowest BCUT2D eigenvalue weighted by Gasteiger charge is -2.11. The molecule has 0 bridgehead atoms. The predicted octanol–water partition coefficient (Wildman–Crippen LogP) is 4.18. The molecule has 6 nitrogen and oxygen atoms in total. The van der Waals surface area contributed by atoms with Crippen LogP contribution < -0.4 is 9.47 Å². The van der Waals surface area contributed by atoms with Gasteiger partial charge in [0.25, 0.3) is 5.22 Å². The molecule has 0 N–H and O–H groups in total. The van der Waals surface area contributed by atoms with Crippen molar-refractivity contribution >= 4 is 17.5 Å². The van der Waals surface area contributed by atoms with E-state index in [9.17, 15) is 9.18 Å². The highest BCUT2D eigenvalue weighted by Gasteiger charge is 2.21. The number of methoxy groups -OCH3 is 2. The fourth-order valence-electron chi connectivity index (χ4n) is 2.61.